The van der Waals surface area contributed by atoms with Gasteiger partial charge in [0.05, 0.1) is 0 Å². The maximum Gasteiger partial charge on any atom is 0.0384 e. The summed E-state index contributed by atoms with van der Waals surface area (Å²) in [5, 5.41) is 3.28. The molecule has 1 aromatic carbocycles. The lowest BCUT2D eigenvalue weighted by molar-refractivity contribution is 1.22. The van der Waals surface area contributed by atoms with Gasteiger partial charge in [-0.05, 0) is 30.7 Å². The van der Waals surface area contributed by atoms with Gasteiger partial charge in [-0.2, -0.15) is 0 Å². The molecule has 1 aromatic rings. The maximum absolute atomic E-state index is 3.77. The predicted octanol–water partition coefficient (Wildman–Crippen LogP) is 4.13. The highest BCUT2D eigenvalue weighted by Crippen LogP contribution is 2.09. The highest BCUT2D eigenvalue weighted by Gasteiger charge is 1.90. The normalized spacial score (nSPS) is 11.7. The topological polar surface area (TPSA) is 12.0 Å². The Bertz CT molecular complexity index is 347. The smallest absolute Gasteiger partial charge is 0.0384 e. The quantitative estimate of drug-likeness (QED) is 0.703. The Balaban J connectivity index is 2.66. The van der Waals surface area contributed by atoms with Crippen molar-refractivity contribution in [3.8, 4) is 0 Å². The molecule has 0 saturated carbocycles. The Morgan fingerprint density at radius 1 is 1.33 bits per heavy atom. The number of nitrogens with one attached hydrogen (secondary N) is 1. The minimum atomic E-state index is 1.01. The molecule has 0 radical (unpaired) electrons. The molecule has 78 valence electrons. The van der Waals surface area contributed by atoms with Crippen LogP contribution in [0.3, 0.4) is 0 Å². The third-order valence-electron chi connectivity index (χ3n) is 1.93. The zero-order valence-electron chi connectivity index (χ0n) is 9.11. The molecular weight excluding hydrogens is 182 g/mol. The van der Waals surface area contributed by atoms with Gasteiger partial charge in [0.25, 0.3) is 0 Å². The van der Waals surface area contributed by atoms with Gasteiger partial charge in [-0.1, -0.05) is 43.9 Å². The molecule has 0 aliphatic rings. The Labute approximate surface area is 91.8 Å². The number of para-hydroxylation sites is 1. The summed E-state index contributed by atoms with van der Waals surface area (Å²) < 4.78 is 0. The van der Waals surface area contributed by atoms with Gasteiger partial charge in [-0.3, -0.25) is 0 Å². The molecule has 1 N–H and O–H groups in total. The largest absolute Gasteiger partial charge is 0.356 e. The molecule has 0 saturated heterocycles. The van der Waals surface area contributed by atoms with E-state index in [4.69, 9.17) is 0 Å². The van der Waals surface area contributed by atoms with Gasteiger partial charge in [-0.15, -0.1) is 0 Å². The van der Waals surface area contributed by atoms with Crippen molar-refractivity contribution in [2.45, 2.75) is 13.3 Å². The van der Waals surface area contributed by atoms with Crippen LogP contribution in [0.15, 0.2) is 66.9 Å². The van der Waals surface area contributed by atoms with E-state index < -0.39 is 0 Å². The SMILES string of the molecule is C=C/C(=C\C=C/CC)Nc1ccccc1. The van der Waals surface area contributed by atoms with Gasteiger partial charge in [-0.25, -0.2) is 0 Å². The fourth-order valence-corrected chi connectivity index (χ4v) is 1.16. The summed E-state index contributed by atoms with van der Waals surface area (Å²) in [6, 6.07) is 10.1. The molecule has 0 spiro atoms. The van der Waals surface area contributed by atoms with Crippen molar-refractivity contribution < 1.29 is 0 Å². The van der Waals surface area contributed by atoms with Crippen LogP contribution in [0.2, 0.25) is 0 Å². The van der Waals surface area contributed by atoms with Crippen LogP contribution in [0.25, 0.3) is 0 Å². The molecule has 0 aromatic heterocycles. The number of anilines is 1. The lowest BCUT2D eigenvalue weighted by Crippen LogP contribution is -1.95. The highest BCUT2D eigenvalue weighted by atomic mass is 14.9. The molecule has 1 heteroatoms. The zero-order valence-corrected chi connectivity index (χ0v) is 9.11. The first-order chi connectivity index (χ1) is 7.36. The fraction of sp³-hybridized carbons (Fsp3) is 0.143. The standard InChI is InChI=1S/C14H17N/c1-3-5-7-10-13(4-2)15-14-11-8-6-9-12-14/h4-12,15H,2-3H2,1H3/b7-5-,13-10+. The molecule has 0 fully saturated rings. The van der Waals surface area contributed by atoms with Gasteiger partial charge in [0.1, 0.15) is 0 Å². The molecule has 0 atom stereocenters. The Morgan fingerprint density at radius 2 is 2.07 bits per heavy atom. The number of rotatable bonds is 5. The number of allylic oxidation sites excluding steroid dienone is 4. The van der Waals surface area contributed by atoms with E-state index in [1.807, 2.05) is 48.6 Å². The van der Waals surface area contributed by atoms with Gasteiger partial charge in [0.2, 0.25) is 0 Å². The van der Waals surface area contributed by atoms with E-state index in [9.17, 15) is 0 Å². The molecule has 0 aliphatic heterocycles. The van der Waals surface area contributed by atoms with Crippen molar-refractivity contribution in [3.05, 3.63) is 66.9 Å². The summed E-state index contributed by atoms with van der Waals surface area (Å²) in [6.45, 7) is 5.88. The van der Waals surface area contributed by atoms with E-state index in [1.165, 1.54) is 0 Å². The third-order valence-corrected chi connectivity index (χ3v) is 1.93. The first-order valence-electron chi connectivity index (χ1n) is 5.18. The monoisotopic (exact) mass is 199 g/mol. The Morgan fingerprint density at radius 3 is 2.67 bits per heavy atom. The molecule has 0 amide bonds. The molecule has 0 unspecified atom stereocenters. The van der Waals surface area contributed by atoms with Crippen LogP contribution in [0.1, 0.15) is 13.3 Å². The van der Waals surface area contributed by atoms with Crippen LogP contribution in [0, 0.1) is 0 Å². The first kappa shape index (κ1) is 11.3. The van der Waals surface area contributed by atoms with Crippen LogP contribution < -0.4 is 5.32 Å². The van der Waals surface area contributed by atoms with E-state index in [-0.39, 0.29) is 0 Å². The maximum atomic E-state index is 3.77. The summed E-state index contributed by atoms with van der Waals surface area (Å²) in [4.78, 5) is 0. The van der Waals surface area contributed by atoms with Gasteiger partial charge < -0.3 is 5.32 Å². The lowest BCUT2D eigenvalue weighted by atomic mass is 10.3. The summed E-state index contributed by atoms with van der Waals surface area (Å²) in [5.41, 5.74) is 2.08. The van der Waals surface area contributed by atoms with Crippen molar-refractivity contribution in [1.29, 1.82) is 0 Å². The number of hydrogen-bond donors (Lipinski definition) is 1. The molecule has 0 bridgehead atoms. The highest BCUT2D eigenvalue weighted by molar-refractivity contribution is 5.50. The second kappa shape index (κ2) is 6.66. The molecule has 0 aliphatic carbocycles. The zero-order chi connectivity index (χ0) is 10.9. The van der Waals surface area contributed by atoms with E-state index >= 15 is 0 Å². The van der Waals surface area contributed by atoms with Gasteiger partial charge >= 0.3 is 0 Å². The number of benzene rings is 1. The van der Waals surface area contributed by atoms with E-state index in [0.29, 0.717) is 0 Å². The van der Waals surface area contributed by atoms with Gasteiger partial charge in [0, 0.05) is 11.4 Å². The first-order valence-corrected chi connectivity index (χ1v) is 5.18. The van der Waals surface area contributed by atoms with Crippen molar-refractivity contribution in [3.63, 3.8) is 0 Å². The summed E-state index contributed by atoms with van der Waals surface area (Å²) in [6.07, 6.45) is 9.02. The predicted molar refractivity (Wildman–Crippen MR) is 67.8 cm³/mol. The number of hydrogen-bond acceptors (Lipinski definition) is 1. The fourth-order valence-electron chi connectivity index (χ4n) is 1.16. The van der Waals surface area contributed by atoms with Crippen molar-refractivity contribution in [2.24, 2.45) is 0 Å². The summed E-state index contributed by atoms with van der Waals surface area (Å²) in [5.74, 6) is 0. The summed E-state index contributed by atoms with van der Waals surface area (Å²) >= 11 is 0. The summed E-state index contributed by atoms with van der Waals surface area (Å²) in [7, 11) is 0. The van der Waals surface area contributed by atoms with Crippen LogP contribution in [-0.4, -0.2) is 0 Å². The minimum Gasteiger partial charge on any atom is -0.356 e. The molecule has 15 heavy (non-hydrogen) atoms. The molecule has 1 nitrogen and oxygen atoms in total. The Kier molecular flexibility index (Phi) is 5.02. The second-order valence-electron chi connectivity index (χ2n) is 3.15. The third kappa shape index (κ3) is 4.32. The molecule has 0 heterocycles. The van der Waals surface area contributed by atoms with Crippen molar-refractivity contribution >= 4 is 5.69 Å². The van der Waals surface area contributed by atoms with Crippen LogP contribution >= 0.6 is 0 Å². The lowest BCUT2D eigenvalue weighted by Gasteiger charge is -2.05. The van der Waals surface area contributed by atoms with Crippen LogP contribution in [0.4, 0.5) is 5.69 Å². The van der Waals surface area contributed by atoms with E-state index in [1.54, 1.807) is 0 Å². The van der Waals surface area contributed by atoms with Crippen LogP contribution in [-0.2, 0) is 0 Å². The van der Waals surface area contributed by atoms with E-state index in [2.05, 4.69) is 24.9 Å². The molecular formula is C14H17N. The van der Waals surface area contributed by atoms with E-state index in [0.717, 1.165) is 17.8 Å². The second-order valence-corrected chi connectivity index (χ2v) is 3.15. The average molecular weight is 199 g/mol. The molecule has 1 rings (SSSR count). The average Bonchev–Trinajstić information content (AvgIpc) is 2.29. The van der Waals surface area contributed by atoms with Crippen molar-refractivity contribution in [1.82, 2.24) is 0 Å². The van der Waals surface area contributed by atoms with Crippen molar-refractivity contribution in [2.75, 3.05) is 5.32 Å². The Hall–Kier alpha value is -1.76. The van der Waals surface area contributed by atoms with Gasteiger partial charge in [0.15, 0.2) is 0 Å². The van der Waals surface area contributed by atoms with Crippen LogP contribution in [0.5, 0.6) is 0 Å². The minimum absolute atomic E-state index is 1.01.